The Morgan fingerprint density at radius 2 is 2.00 bits per heavy atom. The standard InChI is InChI=1S/C9H9FO/c10-9(7-11)6-8-4-2-1-3-5-8/h1-5,7,9H,6H2/t9-/m0/s1. The maximum absolute atomic E-state index is 12.4. The largest absolute Gasteiger partial charge is 0.300 e. The van der Waals surface area contributed by atoms with Gasteiger partial charge in [-0.1, -0.05) is 30.3 Å². The van der Waals surface area contributed by atoms with Gasteiger partial charge in [0.15, 0.2) is 12.5 Å². The molecule has 1 aromatic carbocycles. The van der Waals surface area contributed by atoms with E-state index in [4.69, 9.17) is 0 Å². The van der Waals surface area contributed by atoms with E-state index in [0.29, 0.717) is 6.29 Å². The highest BCUT2D eigenvalue weighted by Crippen LogP contribution is 2.03. The van der Waals surface area contributed by atoms with Crippen LogP contribution in [0.5, 0.6) is 0 Å². The monoisotopic (exact) mass is 152 g/mol. The van der Waals surface area contributed by atoms with Gasteiger partial charge in [-0.3, -0.25) is 0 Å². The van der Waals surface area contributed by atoms with E-state index in [0.717, 1.165) is 5.56 Å². The molecule has 0 N–H and O–H groups in total. The van der Waals surface area contributed by atoms with Gasteiger partial charge in [0, 0.05) is 6.42 Å². The number of hydrogen-bond acceptors (Lipinski definition) is 1. The third kappa shape index (κ3) is 2.50. The summed E-state index contributed by atoms with van der Waals surface area (Å²) in [6, 6.07) is 9.11. The Labute approximate surface area is 64.9 Å². The Hall–Kier alpha value is -1.18. The molecule has 0 unspecified atom stereocenters. The molecule has 0 aliphatic rings. The van der Waals surface area contributed by atoms with Gasteiger partial charge in [-0.05, 0) is 5.56 Å². The molecule has 1 aromatic rings. The van der Waals surface area contributed by atoms with Crippen molar-refractivity contribution in [1.82, 2.24) is 0 Å². The van der Waals surface area contributed by atoms with Crippen molar-refractivity contribution in [3.63, 3.8) is 0 Å². The summed E-state index contributed by atoms with van der Waals surface area (Å²) >= 11 is 0. The van der Waals surface area contributed by atoms with Gasteiger partial charge >= 0.3 is 0 Å². The fraction of sp³-hybridized carbons (Fsp3) is 0.222. The maximum Gasteiger partial charge on any atom is 0.159 e. The summed E-state index contributed by atoms with van der Waals surface area (Å²) < 4.78 is 12.4. The van der Waals surface area contributed by atoms with Crippen molar-refractivity contribution >= 4 is 6.29 Å². The first-order valence-corrected chi connectivity index (χ1v) is 3.46. The van der Waals surface area contributed by atoms with Crippen LogP contribution in [-0.2, 0) is 11.2 Å². The molecule has 1 rings (SSSR count). The SMILES string of the molecule is O=C[C@@H](F)Cc1ccccc1. The molecule has 0 spiro atoms. The molecule has 11 heavy (non-hydrogen) atoms. The average molecular weight is 152 g/mol. The van der Waals surface area contributed by atoms with Gasteiger partial charge < -0.3 is 4.79 Å². The second kappa shape index (κ2) is 3.86. The third-order valence-electron chi connectivity index (χ3n) is 1.42. The Morgan fingerprint density at radius 3 is 2.55 bits per heavy atom. The van der Waals surface area contributed by atoms with Gasteiger partial charge in [0.1, 0.15) is 0 Å². The number of rotatable bonds is 3. The fourth-order valence-corrected chi connectivity index (χ4v) is 0.887. The van der Waals surface area contributed by atoms with Crippen LogP contribution in [0.4, 0.5) is 4.39 Å². The quantitative estimate of drug-likeness (QED) is 0.603. The van der Waals surface area contributed by atoms with Crippen LogP contribution in [-0.4, -0.2) is 12.5 Å². The molecule has 0 aliphatic carbocycles. The zero-order valence-corrected chi connectivity index (χ0v) is 6.03. The van der Waals surface area contributed by atoms with Crippen LogP contribution in [0.2, 0.25) is 0 Å². The minimum Gasteiger partial charge on any atom is -0.300 e. The van der Waals surface area contributed by atoms with Crippen LogP contribution in [0.15, 0.2) is 30.3 Å². The molecule has 0 saturated heterocycles. The Kier molecular flexibility index (Phi) is 2.78. The summed E-state index contributed by atoms with van der Waals surface area (Å²) in [5, 5.41) is 0. The lowest BCUT2D eigenvalue weighted by atomic mass is 10.1. The highest BCUT2D eigenvalue weighted by atomic mass is 19.1. The van der Waals surface area contributed by atoms with Crippen LogP contribution >= 0.6 is 0 Å². The molecule has 0 heterocycles. The van der Waals surface area contributed by atoms with Crippen LogP contribution in [0, 0.1) is 0 Å². The van der Waals surface area contributed by atoms with Gasteiger partial charge in [-0.25, -0.2) is 4.39 Å². The predicted molar refractivity (Wildman–Crippen MR) is 41.1 cm³/mol. The van der Waals surface area contributed by atoms with E-state index >= 15 is 0 Å². The lowest BCUT2D eigenvalue weighted by molar-refractivity contribution is -0.111. The van der Waals surface area contributed by atoms with Crippen molar-refractivity contribution in [1.29, 1.82) is 0 Å². The lowest BCUT2D eigenvalue weighted by Gasteiger charge is -1.98. The first-order chi connectivity index (χ1) is 5.33. The zero-order chi connectivity index (χ0) is 8.10. The molecule has 58 valence electrons. The summed E-state index contributed by atoms with van der Waals surface area (Å²) in [6.07, 6.45) is -0.852. The van der Waals surface area contributed by atoms with Crippen molar-refractivity contribution in [2.75, 3.05) is 0 Å². The average Bonchev–Trinajstić information content (AvgIpc) is 2.06. The molecule has 0 amide bonds. The summed E-state index contributed by atoms with van der Waals surface area (Å²) in [7, 11) is 0. The van der Waals surface area contributed by atoms with Gasteiger partial charge in [0.05, 0.1) is 0 Å². The van der Waals surface area contributed by atoms with Crippen LogP contribution in [0.3, 0.4) is 0 Å². The number of carbonyl (C=O) groups is 1. The van der Waals surface area contributed by atoms with Gasteiger partial charge in [0.25, 0.3) is 0 Å². The molecular formula is C9H9FO. The topological polar surface area (TPSA) is 17.1 Å². The first-order valence-electron chi connectivity index (χ1n) is 3.46. The number of halogens is 1. The molecule has 0 aromatic heterocycles. The highest BCUT2D eigenvalue weighted by Gasteiger charge is 2.03. The van der Waals surface area contributed by atoms with E-state index < -0.39 is 6.17 Å². The van der Waals surface area contributed by atoms with E-state index in [1.807, 2.05) is 18.2 Å². The predicted octanol–water partition coefficient (Wildman–Crippen LogP) is 1.77. The lowest BCUT2D eigenvalue weighted by Crippen LogP contribution is -2.04. The summed E-state index contributed by atoms with van der Waals surface area (Å²) in [5.74, 6) is 0. The smallest absolute Gasteiger partial charge is 0.159 e. The summed E-state index contributed by atoms with van der Waals surface area (Å²) in [4.78, 5) is 9.93. The minimum atomic E-state index is -1.36. The van der Waals surface area contributed by atoms with Crippen molar-refractivity contribution in [2.45, 2.75) is 12.6 Å². The molecule has 0 saturated carbocycles. The summed E-state index contributed by atoms with van der Waals surface area (Å²) in [6.45, 7) is 0. The van der Waals surface area contributed by atoms with E-state index in [1.165, 1.54) is 0 Å². The maximum atomic E-state index is 12.4. The molecular weight excluding hydrogens is 143 g/mol. The van der Waals surface area contributed by atoms with Crippen molar-refractivity contribution in [3.05, 3.63) is 35.9 Å². The highest BCUT2D eigenvalue weighted by molar-refractivity contribution is 5.56. The van der Waals surface area contributed by atoms with E-state index in [-0.39, 0.29) is 6.42 Å². The van der Waals surface area contributed by atoms with Crippen molar-refractivity contribution in [2.24, 2.45) is 0 Å². The second-order valence-corrected chi connectivity index (χ2v) is 2.34. The second-order valence-electron chi connectivity index (χ2n) is 2.34. The molecule has 2 heteroatoms. The van der Waals surface area contributed by atoms with Gasteiger partial charge in [-0.2, -0.15) is 0 Å². The number of benzene rings is 1. The Morgan fingerprint density at radius 1 is 1.36 bits per heavy atom. The zero-order valence-electron chi connectivity index (χ0n) is 6.03. The molecule has 0 fully saturated rings. The number of carbonyl (C=O) groups excluding carboxylic acids is 1. The first kappa shape index (κ1) is 7.92. The number of aldehydes is 1. The van der Waals surface area contributed by atoms with Gasteiger partial charge in [0.2, 0.25) is 0 Å². The van der Waals surface area contributed by atoms with Gasteiger partial charge in [-0.15, -0.1) is 0 Å². The fourth-order valence-electron chi connectivity index (χ4n) is 0.887. The number of hydrogen-bond donors (Lipinski definition) is 0. The summed E-state index contributed by atoms with van der Waals surface area (Å²) in [5.41, 5.74) is 0.854. The van der Waals surface area contributed by atoms with Crippen LogP contribution in [0.25, 0.3) is 0 Å². The molecule has 0 bridgehead atoms. The Balaban J connectivity index is 2.57. The Bertz CT molecular complexity index is 220. The third-order valence-corrected chi connectivity index (χ3v) is 1.42. The number of alkyl halides is 1. The van der Waals surface area contributed by atoms with E-state index in [1.54, 1.807) is 12.1 Å². The molecule has 1 nitrogen and oxygen atoms in total. The van der Waals surface area contributed by atoms with E-state index in [2.05, 4.69) is 0 Å². The van der Waals surface area contributed by atoms with Crippen molar-refractivity contribution < 1.29 is 9.18 Å². The van der Waals surface area contributed by atoms with Crippen LogP contribution in [0.1, 0.15) is 5.56 Å². The molecule has 0 aliphatic heterocycles. The van der Waals surface area contributed by atoms with Crippen molar-refractivity contribution in [3.8, 4) is 0 Å². The normalized spacial score (nSPS) is 12.5. The molecule has 1 atom stereocenters. The van der Waals surface area contributed by atoms with E-state index in [9.17, 15) is 9.18 Å². The van der Waals surface area contributed by atoms with Crippen LogP contribution < -0.4 is 0 Å². The minimum absolute atomic E-state index is 0.185. The molecule has 0 radical (unpaired) electrons.